The first kappa shape index (κ1) is 13.9. The minimum Gasteiger partial charge on any atom is -0.440 e. The summed E-state index contributed by atoms with van der Waals surface area (Å²) >= 11 is 0. The lowest BCUT2D eigenvalue weighted by molar-refractivity contribution is 0.191. The number of oxazole rings is 1. The maximum atomic E-state index is 5.70. The maximum absolute atomic E-state index is 5.70. The normalized spacial score (nSPS) is 13.1. The SMILES string of the molecule is COCCC(C)Nc1ccc2oc(C(C)C)nc2c1. The molecule has 0 spiro atoms. The molecule has 4 nitrogen and oxygen atoms in total. The predicted molar refractivity (Wildman–Crippen MR) is 77.7 cm³/mol. The van der Waals surface area contributed by atoms with Gasteiger partial charge in [0.25, 0.3) is 0 Å². The van der Waals surface area contributed by atoms with Crippen LogP contribution in [-0.4, -0.2) is 24.7 Å². The highest BCUT2D eigenvalue weighted by Gasteiger charge is 2.10. The predicted octanol–water partition coefficient (Wildman–Crippen LogP) is 3.79. The van der Waals surface area contributed by atoms with E-state index in [1.807, 2.05) is 18.2 Å². The van der Waals surface area contributed by atoms with E-state index in [1.54, 1.807) is 7.11 Å². The van der Waals surface area contributed by atoms with Gasteiger partial charge in [0, 0.05) is 31.4 Å². The van der Waals surface area contributed by atoms with Crippen LogP contribution in [-0.2, 0) is 4.74 Å². The van der Waals surface area contributed by atoms with E-state index < -0.39 is 0 Å². The molecule has 1 heterocycles. The molecule has 0 aliphatic heterocycles. The molecule has 0 aliphatic carbocycles. The molecular weight excluding hydrogens is 240 g/mol. The lowest BCUT2D eigenvalue weighted by atomic mass is 10.2. The van der Waals surface area contributed by atoms with Crippen LogP contribution in [0.3, 0.4) is 0 Å². The summed E-state index contributed by atoms with van der Waals surface area (Å²) in [4.78, 5) is 4.51. The van der Waals surface area contributed by atoms with Crippen LogP contribution in [0.25, 0.3) is 11.1 Å². The quantitative estimate of drug-likeness (QED) is 0.860. The number of hydrogen-bond acceptors (Lipinski definition) is 4. The molecule has 0 fully saturated rings. The van der Waals surface area contributed by atoms with Crippen molar-refractivity contribution in [3.05, 3.63) is 24.1 Å². The van der Waals surface area contributed by atoms with Gasteiger partial charge in [0.15, 0.2) is 11.5 Å². The van der Waals surface area contributed by atoms with Crippen LogP contribution in [0.15, 0.2) is 22.6 Å². The summed E-state index contributed by atoms with van der Waals surface area (Å²) in [5.41, 5.74) is 2.83. The van der Waals surface area contributed by atoms with Gasteiger partial charge in [0.1, 0.15) is 5.52 Å². The van der Waals surface area contributed by atoms with E-state index in [4.69, 9.17) is 9.15 Å². The van der Waals surface area contributed by atoms with Gasteiger partial charge in [0.2, 0.25) is 0 Å². The van der Waals surface area contributed by atoms with Crippen molar-refractivity contribution >= 4 is 16.8 Å². The minimum atomic E-state index is 0.310. The summed E-state index contributed by atoms with van der Waals surface area (Å²) in [6, 6.07) is 6.41. The maximum Gasteiger partial charge on any atom is 0.198 e. The zero-order chi connectivity index (χ0) is 13.8. The number of nitrogens with zero attached hydrogens (tertiary/aromatic N) is 1. The van der Waals surface area contributed by atoms with Crippen molar-refractivity contribution in [3.63, 3.8) is 0 Å². The number of fused-ring (bicyclic) bond motifs is 1. The van der Waals surface area contributed by atoms with Gasteiger partial charge in [-0.1, -0.05) is 13.8 Å². The van der Waals surface area contributed by atoms with E-state index in [0.717, 1.165) is 35.7 Å². The molecule has 0 saturated heterocycles. The second-order valence-corrected chi connectivity index (χ2v) is 5.22. The van der Waals surface area contributed by atoms with Crippen molar-refractivity contribution in [1.29, 1.82) is 0 Å². The van der Waals surface area contributed by atoms with Crippen molar-refractivity contribution < 1.29 is 9.15 Å². The molecule has 1 aromatic carbocycles. The van der Waals surface area contributed by atoms with Crippen LogP contribution in [0.5, 0.6) is 0 Å². The second-order valence-electron chi connectivity index (χ2n) is 5.22. The van der Waals surface area contributed by atoms with Gasteiger partial charge in [-0.3, -0.25) is 0 Å². The Balaban J connectivity index is 2.12. The largest absolute Gasteiger partial charge is 0.440 e. The van der Waals surface area contributed by atoms with Gasteiger partial charge in [-0.05, 0) is 31.5 Å². The zero-order valence-electron chi connectivity index (χ0n) is 12.1. The highest BCUT2D eigenvalue weighted by Crippen LogP contribution is 2.24. The number of benzene rings is 1. The van der Waals surface area contributed by atoms with E-state index >= 15 is 0 Å². The van der Waals surface area contributed by atoms with Crippen molar-refractivity contribution in [1.82, 2.24) is 4.98 Å². The molecule has 4 heteroatoms. The number of hydrogen-bond donors (Lipinski definition) is 1. The molecule has 2 rings (SSSR count). The monoisotopic (exact) mass is 262 g/mol. The zero-order valence-corrected chi connectivity index (χ0v) is 12.1. The lowest BCUT2D eigenvalue weighted by Gasteiger charge is -2.14. The lowest BCUT2D eigenvalue weighted by Crippen LogP contribution is -2.16. The Morgan fingerprint density at radius 1 is 1.32 bits per heavy atom. The topological polar surface area (TPSA) is 47.3 Å². The first-order valence-corrected chi connectivity index (χ1v) is 6.76. The third kappa shape index (κ3) is 3.47. The molecule has 19 heavy (non-hydrogen) atoms. The molecule has 2 aromatic rings. The summed E-state index contributed by atoms with van der Waals surface area (Å²) in [5.74, 6) is 1.10. The molecule has 104 valence electrons. The van der Waals surface area contributed by atoms with Crippen LogP contribution in [0, 0.1) is 0 Å². The standard InChI is InChI=1S/C15H22N2O2/c1-10(2)15-17-13-9-12(5-6-14(13)19-15)16-11(3)7-8-18-4/h5-6,9-11,16H,7-8H2,1-4H3. The molecule has 1 unspecified atom stereocenters. The number of ether oxygens (including phenoxy) is 1. The van der Waals surface area contributed by atoms with Crippen LogP contribution in [0.4, 0.5) is 5.69 Å². The summed E-state index contributed by atoms with van der Waals surface area (Å²) in [6.45, 7) is 7.07. The Bertz CT molecular complexity index is 534. The molecule has 1 N–H and O–H groups in total. The van der Waals surface area contributed by atoms with E-state index in [-0.39, 0.29) is 0 Å². The summed E-state index contributed by atoms with van der Waals surface area (Å²) in [5, 5.41) is 3.45. The van der Waals surface area contributed by atoms with E-state index in [2.05, 4.69) is 31.1 Å². The summed E-state index contributed by atoms with van der Waals surface area (Å²) in [6.07, 6.45) is 0.977. The summed E-state index contributed by atoms with van der Waals surface area (Å²) < 4.78 is 10.8. The average molecular weight is 262 g/mol. The van der Waals surface area contributed by atoms with Gasteiger partial charge >= 0.3 is 0 Å². The van der Waals surface area contributed by atoms with E-state index in [0.29, 0.717) is 12.0 Å². The second kappa shape index (κ2) is 6.06. The van der Waals surface area contributed by atoms with Crippen molar-refractivity contribution in [2.45, 2.75) is 39.2 Å². The Kier molecular flexibility index (Phi) is 4.43. The fourth-order valence-corrected chi connectivity index (χ4v) is 1.93. The van der Waals surface area contributed by atoms with Crippen LogP contribution >= 0.6 is 0 Å². The smallest absolute Gasteiger partial charge is 0.198 e. The number of rotatable bonds is 6. The minimum absolute atomic E-state index is 0.310. The molecule has 0 amide bonds. The van der Waals surface area contributed by atoms with Crippen LogP contribution in [0.2, 0.25) is 0 Å². The molecule has 1 aromatic heterocycles. The molecule has 0 saturated carbocycles. The van der Waals surface area contributed by atoms with Gasteiger partial charge in [-0.2, -0.15) is 0 Å². The highest BCUT2D eigenvalue weighted by atomic mass is 16.5. The first-order valence-electron chi connectivity index (χ1n) is 6.76. The third-order valence-corrected chi connectivity index (χ3v) is 3.07. The van der Waals surface area contributed by atoms with Crippen molar-refractivity contribution in [2.75, 3.05) is 19.0 Å². The molecule has 1 atom stereocenters. The number of nitrogens with one attached hydrogen (secondary N) is 1. The van der Waals surface area contributed by atoms with E-state index in [9.17, 15) is 0 Å². The average Bonchev–Trinajstić information content (AvgIpc) is 2.79. The number of aromatic nitrogens is 1. The van der Waals surface area contributed by atoms with Crippen molar-refractivity contribution in [2.24, 2.45) is 0 Å². The number of anilines is 1. The Hall–Kier alpha value is -1.55. The molecule has 0 aliphatic rings. The fourth-order valence-electron chi connectivity index (χ4n) is 1.93. The van der Waals surface area contributed by atoms with Gasteiger partial charge < -0.3 is 14.5 Å². The van der Waals surface area contributed by atoms with Gasteiger partial charge in [-0.25, -0.2) is 4.98 Å². The Morgan fingerprint density at radius 3 is 2.79 bits per heavy atom. The fraction of sp³-hybridized carbons (Fsp3) is 0.533. The number of methoxy groups -OCH3 is 1. The molecule has 0 radical (unpaired) electrons. The van der Waals surface area contributed by atoms with Gasteiger partial charge in [0.05, 0.1) is 0 Å². The van der Waals surface area contributed by atoms with E-state index in [1.165, 1.54) is 0 Å². The highest BCUT2D eigenvalue weighted by molar-refractivity contribution is 5.77. The van der Waals surface area contributed by atoms with Gasteiger partial charge in [-0.15, -0.1) is 0 Å². The Labute approximate surface area is 114 Å². The third-order valence-electron chi connectivity index (χ3n) is 3.07. The van der Waals surface area contributed by atoms with Crippen LogP contribution in [0.1, 0.15) is 39.0 Å². The first-order chi connectivity index (χ1) is 9.10. The van der Waals surface area contributed by atoms with Crippen molar-refractivity contribution in [3.8, 4) is 0 Å². The summed E-state index contributed by atoms with van der Waals surface area (Å²) in [7, 11) is 1.72. The molecule has 0 bridgehead atoms. The molecular formula is C15H22N2O2. The van der Waals surface area contributed by atoms with Crippen LogP contribution < -0.4 is 5.32 Å². The Morgan fingerprint density at radius 2 is 2.11 bits per heavy atom.